The van der Waals surface area contributed by atoms with Gasteiger partial charge >= 0.3 is 41.6 Å². The number of hydrogen-bond donors (Lipinski definition) is 1. The van der Waals surface area contributed by atoms with E-state index >= 15 is 0 Å². The van der Waals surface area contributed by atoms with Crippen LogP contribution in [0.15, 0.2) is 16.4 Å². The smallest absolute Gasteiger partial charge is 0.543 e. The second-order valence-corrected chi connectivity index (χ2v) is 8.01. The fraction of sp³-hybridized carbons (Fsp3) is 0.533. The fourth-order valence-corrected chi connectivity index (χ4v) is 5.23. The van der Waals surface area contributed by atoms with E-state index in [2.05, 4.69) is 15.5 Å². The Bertz CT molecular complexity index is 1030. The normalized spacial score (nSPS) is 24.1. The number of aliphatic carboxylic acids is 1. The second kappa shape index (κ2) is 8.64. The Hall–Kier alpha value is -2.17. The van der Waals surface area contributed by atoms with E-state index in [1.807, 2.05) is 0 Å². The van der Waals surface area contributed by atoms with Gasteiger partial charge in [-0.1, -0.05) is 11.8 Å². The summed E-state index contributed by atoms with van der Waals surface area (Å²) in [6.45, 7) is -0.660. The number of tetrazole rings is 1. The zero-order chi connectivity index (χ0) is 22.7. The monoisotopic (exact) mass is 483 g/mol. The van der Waals surface area contributed by atoms with Gasteiger partial charge in [-0.2, -0.15) is 13.2 Å². The van der Waals surface area contributed by atoms with Crippen LogP contribution < -0.4 is 40.4 Å². The maximum absolute atomic E-state index is 12.9. The third-order valence-electron chi connectivity index (χ3n) is 5.39. The third-order valence-corrected chi connectivity index (χ3v) is 6.40. The molecule has 0 saturated carbocycles. The molecule has 32 heavy (non-hydrogen) atoms. The number of primary amides is 1. The minimum absolute atomic E-state index is 0. The van der Waals surface area contributed by atoms with Crippen LogP contribution in [0.1, 0.15) is 6.42 Å². The molecule has 0 spiro atoms. The summed E-state index contributed by atoms with van der Waals surface area (Å²) in [6, 6.07) is -2.29. The maximum atomic E-state index is 12.9. The molecule has 1 aromatic heterocycles. The number of nitrogens with zero attached hydrogens (tertiary/aromatic N) is 6. The van der Waals surface area contributed by atoms with E-state index in [0.29, 0.717) is 4.90 Å². The van der Waals surface area contributed by atoms with Gasteiger partial charge in [0, 0.05) is 18.2 Å². The largest absolute Gasteiger partial charge is 1.00 e. The van der Waals surface area contributed by atoms with E-state index in [-0.39, 0.29) is 65.6 Å². The Morgan fingerprint density at radius 3 is 2.56 bits per heavy atom. The van der Waals surface area contributed by atoms with Crippen LogP contribution in [-0.2, 0) is 25.7 Å². The number of β-lactam (4-membered cyclic amide) rings is 1. The van der Waals surface area contributed by atoms with Crippen LogP contribution >= 0.6 is 11.8 Å². The van der Waals surface area contributed by atoms with Gasteiger partial charge in [-0.3, -0.25) is 14.4 Å². The van der Waals surface area contributed by atoms with E-state index in [9.17, 15) is 37.5 Å². The van der Waals surface area contributed by atoms with Gasteiger partial charge in [0.1, 0.15) is 12.6 Å². The number of aromatic nitrogens is 4. The first kappa shape index (κ1) is 24.5. The molecule has 4 heterocycles. The summed E-state index contributed by atoms with van der Waals surface area (Å²) in [6.07, 6.45) is -5.11. The minimum Gasteiger partial charge on any atom is -0.543 e. The first-order valence-corrected chi connectivity index (χ1v) is 9.83. The molecule has 2 saturated heterocycles. The standard InChI is InChI=1S/C15H14F3N7O5S.Na/c16-15(17,18)13(30)23-2-1-5-6(4-31-14-20-21-22-24(14)3-7(19)26)9(12(28)29)25-8(5)10(23)11(25)27;/h5,8,10H,1-4H2,(H2,19,26)(H,28,29);/q;+1/p-1/t5?,8-,10+;/m1./s1. The van der Waals surface area contributed by atoms with E-state index in [1.165, 1.54) is 0 Å². The van der Waals surface area contributed by atoms with Crippen LogP contribution in [0, 0.1) is 5.92 Å². The zero-order valence-corrected chi connectivity index (χ0v) is 19.2. The van der Waals surface area contributed by atoms with Crippen molar-refractivity contribution in [3.63, 3.8) is 0 Å². The predicted molar refractivity (Wildman–Crippen MR) is 90.1 cm³/mol. The number of carbonyl (C=O) groups excluding carboxylic acids is 4. The van der Waals surface area contributed by atoms with Gasteiger partial charge in [-0.15, -0.1) is 5.10 Å². The van der Waals surface area contributed by atoms with Crippen molar-refractivity contribution in [3.8, 4) is 0 Å². The molecule has 3 aliphatic heterocycles. The fourth-order valence-electron chi connectivity index (χ4n) is 4.25. The summed E-state index contributed by atoms with van der Waals surface area (Å²) in [7, 11) is 0. The second-order valence-electron chi connectivity index (χ2n) is 7.07. The van der Waals surface area contributed by atoms with Crippen molar-refractivity contribution in [1.29, 1.82) is 0 Å². The molecule has 0 bridgehead atoms. The number of halogens is 3. The molecular weight excluding hydrogens is 470 g/mol. The van der Waals surface area contributed by atoms with Crippen molar-refractivity contribution < 1.29 is 67.0 Å². The summed E-state index contributed by atoms with van der Waals surface area (Å²) in [5.74, 6) is -5.97. The molecule has 0 aromatic carbocycles. The van der Waals surface area contributed by atoms with Crippen molar-refractivity contribution in [3.05, 3.63) is 11.3 Å². The summed E-state index contributed by atoms with van der Waals surface area (Å²) < 4.78 is 39.8. The topological polar surface area (TPSA) is 167 Å². The number of rotatable bonds is 6. The summed E-state index contributed by atoms with van der Waals surface area (Å²) >= 11 is 0.975. The average Bonchev–Trinajstić information content (AvgIpc) is 3.24. The van der Waals surface area contributed by atoms with Crippen LogP contribution in [0.25, 0.3) is 0 Å². The van der Waals surface area contributed by atoms with Crippen LogP contribution in [0.3, 0.4) is 0 Å². The molecule has 2 N–H and O–H groups in total. The number of carboxylic acids is 1. The number of piperidine rings is 1. The summed E-state index contributed by atoms with van der Waals surface area (Å²) in [5, 5.41) is 22.6. The molecule has 2 fully saturated rings. The number of nitrogens with two attached hydrogens (primary N) is 1. The van der Waals surface area contributed by atoms with Gasteiger partial charge in [-0.05, 0) is 22.4 Å². The van der Waals surface area contributed by atoms with E-state index in [1.54, 1.807) is 0 Å². The average molecular weight is 483 g/mol. The first-order valence-electron chi connectivity index (χ1n) is 8.85. The van der Waals surface area contributed by atoms with Gasteiger partial charge in [0.05, 0.1) is 17.7 Å². The van der Waals surface area contributed by atoms with E-state index < -0.39 is 53.6 Å². The molecule has 1 unspecified atom stereocenters. The molecule has 3 aliphatic rings. The van der Waals surface area contributed by atoms with E-state index in [0.717, 1.165) is 21.3 Å². The molecule has 12 nitrogen and oxygen atoms in total. The van der Waals surface area contributed by atoms with Gasteiger partial charge in [0.2, 0.25) is 11.1 Å². The number of likely N-dealkylation sites (tertiary alicyclic amines) is 1. The van der Waals surface area contributed by atoms with Crippen molar-refractivity contribution in [2.24, 2.45) is 11.7 Å². The molecule has 4 rings (SSSR count). The number of carbonyl (C=O) groups is 4. The predicted octanol–water partition coefficient (Wildman–Crippen LogP) is -5.74. The molecule has 0 radical (unpaired) electrons. The Balaban J connectivity index is 0.00000289. The van der Waals surface area contributed by atoms with Crippen LogP contribution in [0.5, 0.6) is 0 Å². The van der Waals surface area contributed by atoms with Gasteiger partial charge in [0.15, 0.2) is 0 Å². The van der Waals surface area contributed by atoms with Crippen molar-refractivity contribution in [1.82, 2.24) is 30.0 Å². The van der Waals surface area contributed by atoms with Crippen LogP contribution in [-0.4, -0.2) is 84.3 Å². The van der Waals surface area contributed by atoms with E-state index in [4.69, 9.17) is 5.73 Å². The SMILES string of the molecule is NC(=O)Cn1nnnc1SCC1=C(C(=O)[O-])N2C(=O)[C@@H]3[C@H]2C1CCN3C(=O)C(F)(F)F.[Na+]. The van der Waals surface area contributed by atoms with Crippen molar-refractivity contribution >= 4 is 35.5 Å². The zero-order valence-electron chi connectivity index (χ0n) is 16.4. The Labute approximate surface area is 203 Å². The Kier molecular flexibility index (Phi) is 6.61. The minimum atomic E-state index is -5.15. The van der Waals surface area contributed by atoms with Crippen LogP contribution in [0.4, 0.5) is 13.2 Å². The molecule has 3 amide bonds. The molecule has 17 heteroatoms. The first-order chi connectivity index (χ1) is 14.5. The van der Waals surface area contributed by atoms with Crippen molar-refractivity contribution in [2.45, 2.75) is 36.4 Å². The number of amides is 3. The van der Waals surface area contributed by atoms with Gasteiger partial charge < -0.3 is 25.4 Å². The number of thioether (sulfide) groups is 1. The maximum Gasteiger partial charge on any atom is 1.00 e. The Morgan fingerprint density at radius 1 is 1.28 bits per heavy atom. The summed E-state index contributed by atoms with van der Waals surface area (Å²) in [4.78, 5) is 48.4. The number of hydrogen-bond acceptors (Lipinski definition) is 9. The van der Waals surface area contributed by atoms with Gasteiger partial charge in [-0.25, -0.2) is 4.68 Å². The molecule has 3 atom stereocenters. The van der Waals surface area contributed by atoms with Gasteiger partial charge in [0.25, 0.3) is 5.91 Å². The molecule has 166 valence electrons. The quantitative estimate of drug-likeness (QED) is 0.236. The summed E-state index contributed by atoms with van der Waals surface area (Å²) in [5.41, 5.74) is 4.97. The van der Waals surface area contributed by atoms with Crippen molar-refractivity contribution in [2.75, 3.05) is 12.3 Å². The molecular formula is C15H13F3N7NaO5S. The Morgan fingerprint density at radius 2 is 1.97 bits per heavy atom. The molecule has 0 aliphatic carbocycles. The number of carboxylic acid groups (broad SMARTS) is 1. The number of alkyl halides is 3. The third kappa shape index (κ3) is 3.88. The van der Waals surface area contributed by atoms with Crippen LogP contribution in [0.2, 0.25) is 0 Å². The molecule has 1 aromatic rings.